The summed E-state index contributed by atoms with van der Waals surface area (Å²) in [5.74, 6) is 1.46. The minimum absolute atomic E-state index is 0.639. The number of furan rings is 1. The van der Waals surface area contributed by atoms with Gasteiger partial charge in [0.05, 0.1) is 7.11 Å². The molecule has 2 aromatic carbocycles. The van der Waals surface area contributed by atoms with Gasteiger partial charge in [-0.2, -0.15) is 0 Å². The van der Waals surface area contributed by atoms with E-state index < -0.39 is 0 Å². The highest BCUT2D eigenvalue weighted by molar-refractivity contribution is 6.31. The van der Waals surface area contributed by atoms with E-state index in [1.807, 2.05) is 42.5 Å². The SMILES string of the molecule is COc1cc(Cl)cc2cc(-c3ccccc3)oc12. The predicted octanol–water partition coefficient (Wildman–Crippen LogP) is 4.76. The third kappa shape index (κ3) is 1.85. The van der Waals surface area contributed by atoms with E-state index in [0.717, 1.165) is 22.3 Å². The molecule has 0 aliphatic carbocycles. The van der Waals surface area contributed by atoms with Crippen LogP contribution in [0.5, 0.6) is 5.75 Å². The highest BCUT2D eigenvalue weighted by Gasteiger charge is 2.11. The van der Waals surface area contributed by atoms with Gasteiger partial charge in [0.25, 0.3) is 0 Å². The molecule has 1 heterocycles. The van der Waals surface area contributed by atoms with Gasteiger partial charge < -0.3 is 9.15 Å². The maximum absolute atomic E-state index is 6.04. The smallest absolute Gasteiger partial charge is 0.176 e. The van der Waals surface area contributed by atoms with Crippen LogP contribution in [0.2, 0.25) is 5.02 Å². The molecule has 0 aliphatic rings. The number of fused-ring (bicyclic) bond motifs is 1. The molecule has 0 bridgehead atoms. The van der Waals surface area contributed by atoms with Crippen molar-refractivity contribution in [1.29, 1.82) is 0 Å². The molecule has 0 N–H and O–H groups in total. The molecule has 2 nitrogen and oxygen atoms in total. The topological polar surface area (TPSA) is 22.4 Å². The number of hydrogen-bond acceptors (Lipinski definition) is 2. The van der Waals surface area contributed by atoms with E-state index in [9.17, 15) is 0 Å². The van der Waals surface area contributed by atoms with Crippen LogP contribution in [-0.4, -0.2) is 7.11 Å². The van der Waals surface area contributed by atoms with Gasteiger partial charge >= 0.3 is 0 Å². The first-order chi connectivity index (χ1) is 8.78. The summed E-state index contributed by atoms with van der Waals surface area (Å²) in [4.78, 5) is 0. The first-order valence-corrected chi connectivity index (χ1v) is 5.98. The Morgan fingerprint density at radius 2 is 1.83 bits per heavy atom. The minimum atomic E-state index is 0.639. The van der Waals surface area contributed by atoms with Gasteiger partial charge in [-0.05, 0) is 12.1 Å². The van der Waals surface area contributed by atoms with E-state index in [1.54, 1.807) is 13.2 Å². The van der Waals surface area contributed by atoms with E-state index in [0.29, 0.717) is 10.8 Å². The van der Waals surface area contributed by atoms with Gasteiger partial charge in [-0.3, -0.25) is 0 Å². The second-order valence-electron chi connectivity index (χ2n) is 4.00. The van der Waals surface area contributed by atoms with E-state index in [1.165, 1.54) is 0 Å². The Balaban J connectivity index is 2.23. The number of methoxy groups -OCH3 is 1. The lowest BCUT2D eigenvalue weighted by molar-refractivity contribution is 0.411. The maximum Gasteiger partial charge on any atom is 0.176 e. The monoisotopic (exact) mass is 258 g/mol. The molecule has 0 atom stereocenters. The molecule has 18 heavy (non-hydrogen) atoms. The Labute approximate surface area is 110 Å². The van der Waals surface area contributed by atoms with Crippen LogP contribution < -0.4 is 4.74 Å². The van der Waals surface area contributed by atoms with Crippen LogP contribution in [0.4, 0.5) is 0 Å². The van der Waals surface area contributed by atoms with Gasteiger partial charge in [0.1, 0.15) is 5.76 Å². The van der Waals surface area contributed by atoms with E-state index in [-0.39, 0.29) is 0 Å². The largest absolute Gasteiger partial charge is 0.493 e. The van der Waals surface area contributed by atoms with Crippen LogP contribution in [0.1, 0.15) is 0 Å². The van der Waals surface area contributed by atoms with E-state index >= 15 is 0 Å². The Morgan fingerprint density at radius 1 is 1.06 bits per heavy atom. The van der Waals surface area contributed by atoms with Crippen LogP contribution in [0.3, 0.4) is 0 Å². The van der Waals surface area contributed by atoms with Crippen LogP contribution >= 0.6 is 11.6 Å². The highest BCUT2D eigenvalue weighted by Crippen LogP contribution is 2.35. The van der Waals surface area contributed by atoms with Crippen LogP contribution in [0.15, 0.2) is 52.9 Å². The third-order valence-electron chi connectivity index (χ3n) is 2.83. The lowest BCUT2D eigenvalue weighted by Gasteiger charge is -2.00. The lowest BCUT2D eigenvalue weighted by atomic mass is 10.1. The number of rotatable bonds is 2. The molecule has 0 fully saturated rings. The fourth-order valence-electron chi connectivity index (χ4n) is 1.98. The summed E-state index contributed by atoms with van der Waals surface area (Å²) >= 11 is 6.04. The predicted molar refractivity (Wildman–Crippen MR) is 73.2 cm³/mol. The average molecular weight is 259 g/mol. The van der Waals surface area contributed by atoms with Crippen LogP contribution in [-0.2, 0) is 0 Å². The fourth-order valence-corrected chi connectivity index (χ4v) is 2.20. The second-order valence-corrected chi connectivity index (χ2v) is 4.44. The van der Waals surface area contributed by atoms with Gasteiger partial charge in [0.15, 0.2) is 11.3 Å². The van der Waals surface area contributed by atoms with Gasteiger partial charge in [0.2, 0.25) is 0 Å². The van der Waals surface area contributed by atoms with E-state index in [4.69, 9.17) is 20.8 Å². The van der Waals surface area contributed by atoms with Crippen molar-refractivity contribution in [2.75, 3.05) is 7.11 Å². The molecule has 3 heteroatoms. The van der Waals surface area contributed by atoms with Crippen molar-refractivity contribution in [2.45, 2.75) is 0 Å². The molecule has 0 aliphatic heterocycles. The molecule has 0 radical (unpaired) electrons. The van der Waals surface area contributed by atoms with Crippen molar-refractivity contribution in [3.8, 4) is 17.1 Å². The Bertz CT molecular complexity index is 686. The van der Waals surface area contributed by atoms with E-state index in [2.05, 4.69) is 0 Å². The molecule has 1 aromatic heterocycles. The third-order valence-corrected chi connectivity index (χ3v) is 3.04. The molecule has 3 rings (SSSR count). The molecule has 0 saturated carbocycles. The summed E-state index contributed by atoms with van der Waals surface area (Å²) < 4.78 is 11.1. The van der Waals surface area contributed by atoms with Gasteiger partial charge in [-0.1, -0.05) is 41.9 Å². The molecular formula is C15H11ClO2. The Hall–Kier alpha value is -1.93. The normalized spacial score (nSPS) is 10.8. The number of hydrogen-bond donors (Lipinski definition) is 0. The summed E-state index contributed by atoms with van der Waals surface area (Å²) in [5, 5.41) is 1.58. The zero-order valence-electron chi connectivity index (χ0n) is 9.81. The Kier molecular flexibility index (Phi) is 2.73. The summed E-state index contributed by atoms with van der Waals surface area (Å²) in [5.41, 5.74) is 1.76. The summed E-state index contributed by atoms with van der Waals surface area (Å²) in [6.45, 7) is 0. The van der Waals surface area contributed by atoms with Gasteiger partial charge in [-0.25, -0.2) is 0 Å². The Morgan fingerprint density at radius 3 is 2.56 bits per heavy atom. The summed E-state index contributed by atoms with van der Waals surface area (Å²) in [6.07, 6.45) is 0. The number of benzene rings is 2. The lowest BCUT2D eigenvalue weighted by Crippen LogP contribution is -1.82. The number of ether oxygens (including phenoxy) is 1. The summed E-state index contributed by atoms with van der Waals surface area (Å²) in [6, 6.07) is 15.5. The zero-order chi connectivity index (χ0) is 12.5. The first kappa shape index (κ1) is 11.2. The van der Waals surface area contributed by atoms with Crippen LogP contribution in [0, 0.1) is 0 Å². The molecule has 0 saturated heterocycles. The summed E-state index contributed by atoms with van der Waals surface area (Å²) in [7, 11) is 1.61. The van der Waals surface area contributed by atoms with Crippen LogP contribution in [0.25, 0.3) is 22.3 Å². The first-order valence-electron chi connectivity index (χ1n) is 5.60. The molecule has 3 aromatic rings. The van der Waals surface area contributed by atoms with Gasteiger partial charge in [-0.15, -0.1) is 0 Å². The average Bonchev–Trinajstić information content (AvgIpc) is 2.82. The highest BCUT2D eigenvalue weighted by atomic mass is 35.5. The molecule has 0 unspecified atom stereocenters. The minimum Gasteiger partial charge on any atom is -0.493 e. The van der Waals surface area contributed by atoms with Gasteiger partial charge in [0, 0.05) is 22.0 Å². The fraction of sp³-hybridized carbons (Fsp3) is 0.0667. The van der Waals surface area contributed by atoms with Crippen molar-refractivity contribution in [2.24, 2.45) is 0 Å². The van der Waals surface area contributed by atoms with Crippen molar-refractivity contribution in [3.05, 3.63) is 53.6 Å². The van der Waals surface area contributed by atoms with Crippen molar-refractivity contribution < 1.29 is 9.15 Å². The molecular weight excluding hydrogens is 248 g/mol. The molecule has 90 valence electrons. The number of halogens is 1. The standard InChI is InChI=1S/C15H11ClO2/c1-17-14-9-12(16)7-11-8-13(18-15(11)14)10-5-3-2-4-6-10/h2-9H,1H3. The zero-order valence-corrected chi connectivity index (χ0v) is 10.6. The molecule has 0 spiro atoms. The van der Waals surface area contributed by atoms with Crippen molar-refractivity contribution >= 4 is 22.6 Å². The maximum atomic E-state index is 6.04. The quantitative estimate of drug-likeness (QED) is 0.661. The molecule has 0 amide bonds. The second kappa shape index (κ2) is 4.39. The van der Waals surface area contributed by atoms with Crippen molar-refractivity contribution in [1.82, 2.24) is 0 Å². The van der Waals surface area contributed by atoms with Crippen molar-refractivity contribution in [3.63, 3.8) is 0 Å².